The van der Waals surface area contributed by atoms with Crippen molar-refractivity contribution in [2.24, 2.45) is 11.8 Å². The van der Waals surface area contributed by atoms with Gasteiger partial charge in [-0.25, -0.2) is 0 Å². The predicted octanol–water partition coefficient (Wildman–Crippen LogP) is 3.60. The molecule has 2 N–H and O–H groups in total. The minimum atomic E-state index is -0.966. The summed E-state index contributed by atoms with van der Waals surface area (Å²) in [5.74, 6) is -2.64. The maximum Gasteiger partial charge on any atom is 0.307 e. The van der Waals surface area contributed by atoms with Crippen molar-refractivity contribution in [1.29, 1.82) is 0 Å². The lowest BCUT2D eigenvalue weighted by Crippen LogP contribution is -2.34. The summed E-state index contributed by atoms with van der Waals surface area (Å²) in [6.45, 7) is 0. The molecule has 0 saturated carbocycles. The van der Waals surface area contributed by atoms with E-state index in [1.54, 1.807) is 18.2 Å². The summed E-state index contributed by atoms with van der Waals surface area (Å²) >= 11 is 11.8. The van der Waals surface area contributed by atoms with Gasteiger partial charge in [0.2, 0.25) is 5.91 Å². The molecule has 0 aliphatic heterocycles. The molecule has 0 bridgehead atoms. The maximum atomic E-state index is 12.2. The van der Waals surface area contributed by atoms with Crippen molar-refractivity contribution in [2.75, 3.05) is 5.32 Å². The smallest absolute Gasteiger partial charge is 0.307 e. The average Bonchev–Trinajstić information content (AvgIpc) is 2.42. The molecule has 2 atom stereocenters. The van der Waals surface area contributed by atoms with E-state index in [4.69, 9.17) is 28.3 Å². The summed E-state index contributed by atoms with van der Waals surface area (Å²) in [6.07, 6.45) is 4.37. The first kappa shape index (κ1) is 14.9. The largest absolute Gasteiger partial charge is 0.481 e. The van der Waals surface area contributed by atoms with E-state index < -0.39 is 17.8 Å². The zero-order valence-corrected chi connectivity index (χ0v) is 12.0. The summed E-state index contributed by atoms with van der Waals surface area (Å²) in [4.78, 5) is 23.4. The number of halogens is 2. The molecule has 1 amide bonds. The number of benzene rings is 1. The quantitative estimate of drug-likeness (QED) is 0.838. The number of hydrogen-bond donors (Lipinski definition) is 2. The van der Waals surface area contributed by atoms with Gasteiger partial charge < -0.3 is 10.4 Å². The number of aliphatic carboxylic acids is 1. The molecular weight excluding hydrogens is 301 g/mol. The van der Waals surface area contributed by atoms with Crippen LogP contribution >= 0.6 is 23.2 Å². The number of carboxylic acid groups (broad SMARTS) is 1. The van der Waals surface area contributed by atoms with Crippen LogP contribution in [-0.4, -0.2) is 17.0 Å². The molecule has 1 aromatic rings. The molecule has 1 aromatic carbocycles. The van der Waals surface area contributed by atoms with Crippen LogP contribution in [0.3, 0.4) is 0 Å². The third kappa shape index (κ3) is 3.32. The van der Waals surface area contributed by atoms with E-state index in [1.165, 1.54) is 6.07 Å². The number of carbonyl (C=O) groups excluding carboxylic acids is 1. The highest BCUT2D eigenvalue weighted by Gasteiger charge is 2.34. The molecule has 0 heterocycles. The second kappa shape index (κ2) is 6.29. The third-order valence-corrected chi connectivity index (χ3v) is 3.84. The predicted molar refractivity (Wildman–Crippen MR) is 78.1 cm³/mol. The van der Waals surface area contributed by atoms with Crippen LogP contribution in [0.5, 0.6) is 0 Å². The van der Waals surface area contributed by atoms with Crippen LogP contribution in [0.1, 0.15) is 12.8 Å². The first-order chi connectivity index (χ1) is 9.49. The second-order valence-electron chi connectivity index (χ2n) is 4.61. The Morgan fingerprint density at radius 3 is 2.45 bits per heavy atom. The Kier molecular flexibility index (Phi) is 4.68. The van der Waals surface area contributed by atoms with Gasteiger partial charge in [-0.2, -0.15) is 0 Å². The lowest BCUT2D eigenvalue weighted by Gasteiger charge is -2.24. The highest BCUT2D eigenvalue weighted by Crippen LogP contribution is 2.30. The molecule has 0 fully saturated rings. The van der Waals surface area contributed by atoms with Crippen molar-refractivity contribution in [3.05, 3.63) is 40.4 Å². The number of hydrogen-bond acceptors (Lipinski definition) is 2. The Morgan fingerprint density at radius 1 is 1.15 bits per heavy atom. The Morgan fingerprint density at radius 2 is 1.80 bits per heavy atom. The Hall–Kier alpha value is -1.52. The van der Waals surface area contributed by atoms with Crippen molar-refractivity contribution in [2.45, 2.75) is 12.8 Å². The normalized spacial score (nSPS) is 21.5. The molecule has 20 heavy (non-hydrogen) atoms. The molecule has 0 spiro atoms. The standard InChI is InChI=1S/C14H13Cl2NO3/c15-8-5-6-11(16)12(7-8)17-13(18)9-3-1-2-4-10(9)14(19)20/h1-2,5-7,9-10H,3-4H2,(H,17,18)(H,19,20)/t9-,10+/m1/s1. The zero-order valence-electron chi connectivity index (χ0n) is 10.5. The Labute approximate surface area is 126 Å². The monoisotopic (exact) mass is 313 g/mol. The number of nitrogens with one attached hydrogen (secondary N) is 1. The van der Waals surface area contributed by atoms with Crippen LogP contribution < -0.4 is 5.32 Å². The van der Waals surface area contributed by atoms with Crippen LogP contribution in [0.4, 0.5) is 5.69 Å². The first-order valence-electron chi connectivity index (χ1n) is 6.12. The molecule has 4 nitrogen and oxygen atoms in total. The molecule has 106 valence electrons. The van der Waals surface area contributed by atoms with Gasteiger partial charge >= 0.3 is 5.97 Å². The highest BCUT2D eigenvalue weighted by molar-refractivity contribution is 6.35. The molecule has 0 radical (unpaired) electrons. The topological polar surface area (TPSA) is 66.4 Å². The number of anilines is 1. The van der Waals surface area contributed by atoms with Gasteiger partial charge in [0.05, 0.1) is 22.5 Å². The van der Waals surface area contributed by atoms with Gasteiger partial charge in [-0.1, -0.05) is 35.4 Å². The van der Waals surface area contributed by atoms with E-state index in [9.17, 15) is 9.59 Å². The van der Waals surface area contributed by atoms with Crippen LogP contribution in [0.2, 0.25) is 10.0 Å². The molecule has 1 aliphatic rings. The zero-order chi connectivity index (χ0) is 14.7. The van der Waals surface area contributed by atoms with Crippen LogP contribution in [0.15, 0.2) is 30.4 Å². The van der Waals surface area contributed by atoms with Gasteiger partial charge in [-0.05, 0) is 31.0 Å². The Balaban J connectivity index is 2.16. The number of allylic oxidation sites excluding steroid dienone is 2. The van der Waals surface area contributed by atoms with Gasteiger partial charge in [0, 0.05) is 5.02 Å². The van der Waals surface area contributed by atoms with Crippen LogP contribution in [-0.2, 0) is 9.59 Å². The van der Waals surface area contributed by atoms with Crippen molar-refractivity contribution < 1.29 is 14.7 Å². The van der Waals surface area contributed by atoms with E-state index >= 15 is 0 Å². The molecule has 0 unspecified atom stereocenters. The fraction of sp³-hybridized carbons (Fsp3) is 0.286. The molecule has 0 saturated heterocycles. The summed E-state index contributed by atoms with van der Waals surface area (Å²) in [5, 5.41) is 12.6. The lowest BCUT2D eigenvalue weighted by molar-refractivity contribution is -0.146. The third-order valence-electron chi connectivity index (χ3n) is 3.27. The summed E-state index contributed by atoms with van der Waals surface area (Å²) in [6, 6.07) is 4.73. The molecule has 6 heteroatoms. The van der Waals surface area contributed by atoms with Gasteiger partial charge in [-0.15, -0.1) is 0 Å². The summed E-state index contributed by atoms with van der Waals surface area (Å²) in [5.41, 5.74) is 0.392. The van der Waals surface area contributed by atoms with E-state index in [1.807, 2.05) is 6.08 Å². The first-order valence-corrected chi connectivity index (χ1v) is 6.88. The van der Waals surface area contributed by atoms with Crippen molar-refractivity contribution in [3.8, 4) is 0 Å². The van der Waals surface area contributed by atoms with Gasteiger partial charge in [-0.3, -0.25) is 9.59 Å². The fourth-order valence-electron chi connectivity index (χ4n) is 2.20. The Bertz CT molecular complexity index is 572. The molecule has 1 aliphatic carbocycles. The minimum absolute atomic E-state index is 0.356. The van der Waals surface area contributed by atoms with Crippen LogP contribution in [0.25, 0.3) is 0 Å². The van der Waals surface area contributed by atoms with E-state index in [-0.39, 0.29) is 5.91 Å². The van der Waals surface area contributed by atoms with E-state index in [0.29, 0.717) is 28.6 Å². The molecule has 0 aromatic heterocycles. The van der Waals surface area contributed by atoms with Crippen molar-refractivity contribution >= 4 is 40.8 Å². The number of carbonyl (C=O) groups is 2. The second-order valence-corrected chi connectivity index (χ2v) is 5.45. The van der Waals surface area contributed by atoms with E-state index in [2.05, 4.69) is 5.32 Å². The van der Waals surface area contributed by atoms with E-state index in [0.717, 1.165) is 0 Å². The van der Waals surface area contributed by atoms with Gasteiger partial charge in [0.1, 0.15) is 0 Å². The highest BCUT2D eigenvalue weighted by atomic mass is 35.5. The number of carboxylic acids is 1. The maximum absolute atomic E-state index is 12.2. The average molecular weight is 314 g/mol. The van der Waals surface area contributed by atoms with Gasteiger partial charge in [0.25, 0.3) is 0 Å². The van der Waals surface area contributed by atoms with Gasteiger partial charge in [0.15, 0.2) is 0 Å². The minimum Gasteiger partial charge on any atom is -0.481 e. The molecular formula is C14H13Cl2NO3. The summed E-state index contributed by atoms with van der Waals surface area (Å²) in [7, 11) is 0. The number of rotatable bonds is 3. The van der Waals surface area contributed by atoms with Crippen LogP contribution in [0, 0.1) is 11.8 Å². The summed E-state index contributed by atoms with van der Waals surface area (Å²) < 4.78 is 0. The fourth-order valence-corrected chi connectivity index (χ4v) is 2.53. The van der Waals surface area contributed by atoms with Crippen molar-refractivity contribution in [1.82, 2.24) is 0 Å². The molecule has 2 rings (SSSR count). The van der Waals surface area contributed by atoms with Crippen molar-refractivity contribution in [3.63, 3.8) is 0 Å². The lowest BCUT2D eigenvalue weighted by atomic mass is 9.82. The number of amides is 1. The SMILES string of the molecule is O=C(O)[C@H]1CC=CC[C@H]1C(=O)Nc1cc(Cl)ccc1Cl.